The smallest absolute Gasteiger partial charge is 0.277 e. The van der Waals surface area contributed by atoms with E-state index in [1.165, 1.54) is 11.8 Å². The van der Waals surface area contributed by atoms with Crippen LogP contribution in [0.3, 0.4) is 0 Å². The Labute approximate surface area is 170 Å². The third kappa shape index (κ3) is 3.76. The second-order valence-electron chi connectivity index (χ2n) is 7.29. The van der Waals surface area contributed by atoms with Gasteiger partial charge in [-0.2, -0.15) is 0 Å². The van der Waals surface area contributed by atoms with Gasteiger partial charge in [-0.3, -0.25) is 14.6 Å². The maximum absolute atomic E-state index is 13.2. The summed E-state index contributed by atoms with van der Waals surface area (Å²) in [5, 5.41) is 2.88. The van der Waals surface area contributed by atoms with Gasteiger partial charge in [0.1, 0.15) is 5.69 Å². The Kier molecular flexibility index (Phi) is 5.12. The molecule has 0 saturated carbocycles. The number of carbonyl (C=O) groups excluding carboxylic acids is 2. The number of hydrogen-bond donors (Lipinski definition) is 1. The molecule has 5 nitrogen and oxygen atoms in total. The van der Waals surface area contributed by atoms with Gasteiger partial charge in [-0.1, -0.05) is 37.3 Å². The van der Waals surface area contributed by atoms with Crippen LogP contribution in [-0.4, -0.2) is 22.8 Å². The predicted molar refractivity (Wildman–Crippen MR) is 114 cm³/mol. The number of hydrogen-bond acceptors (Lipinski definition) is 3. The molecule has 0 bridgehead atoms. The molecular weight excluding hydrogens is 362 g/mol. The third-order valence-electron chi connectivity index (χ3n) is 5.29. The molecule has 2 heterocycles. The highest BCUT2D eigenvalue weighted by molar-refractivity contribution is 6.09. The van der Waals surface area contributed by atoms with Crippen LogP contribution < -0.4 is 10.2 Å². The van der Waals surface area contributed by atoms with Gasteiger partial charge in [0.2, 0.25) is 0 Å². The van der Waals surface area contributed by atoms with Crippen LogP contribution in [0.25, 0.3) is 0 Å². The van der Waals surface area contributed by atoms with Gasteiger partial charge in [0.05, 0.1) is 0 Å². The van der Waals surface area contributed by atoms with Crippen molar-refractivity contribution in [1.29, 1.82) is 0 Å². The molecule has 2 amide bonds. The second kappa shape index (κ2) is 7.87. The Hall–Kier alpha value is -3.47. The summed E-state index contributed by atoms with van der Waals surface area (Å²) in [6.07, 6.45) is 3.27. The quantitative estimate of drug-likeness (QED) is 0.720. The molecule has 1 aromatic heterocycles. The van der Waals surface area contributed by atoms with Gasteiger partial charge in [0.15, 0.2) is 0 Å². The van der Waals surface area contributed by atoms with Crippen molar-refractivity contribution >= 4 is 23.2 Å². The van der Waals surface area contributed by atoms with Crippen molar-refractivity contribution in [3.8, 4) is 0 Å². The molecule has 146 valence electrons. The van der Waals surface area contributed by atoms with Crippen molar-refractivity contribution in [2.45, 2.75) is 32.7 Å². The van der Waals surface area contributed by atoms with Crippen molar-refractivity contribution in [2.75, 3.05) is 10.2 Å². The Bertz CT molecular complexity index is 1060. The summed E-state index contributed by atoms with van der Waals surface area (Å²) in [7, 11) is 0. The minimum Gasteiger partial charge on any atom is -0.322 e. The van der Waals surface area contributed by atoms with Gasteiger partial charge in [-0.25, -0.2) is 0 Å². The minimum atomic E-state index is -0.263. The van der Waals surface area contributed by atoms with Crippen LogP contribution in [0.2, 0.25) is 0 Å². The van der Waals surface area contributed by atoms with Gasteiger partial charge in [0.25, 0.3) is 11.8 Å². The first-order valence-electron chi connectivity index (χ1n) is 9.84. The summed E-state index contributed by atoms with van der Waals surface area (Å²) in [4.78, 5) is 31.8. The number of rotatable bonds is 4. The van der Waals surface area contributed by atoms with Crippen molar-refractivity contribution in [1.82, 2.24) is 4.98 Å². The molecule has 29 heavy (non-hydrogen) atoms. The Morgan fingerprint density at radius 2 is 1.86 bits per heavy atom. The van der Waals surface area contributed by atoms with Crippen LogP contribution in [0, 0.1) is 0 Å². The van der Waals surface area contributed by atoms with Crippen LogP contribution in [0.15, 0.2) is 66.9 Å². The third-order valence-corrected chi connectivity index (χ3v) is 5.29. The van der Waals surface area contributed by atoms with Crippen LogP contribution in [0.5, 0.6) is 0 Å². The van der Waals surface area contributed by atoms with E-state index in [-0.39, 0.29) is 23.6 Å². The maximum atomic E-state index is 13.2. The van der Waals surface area contributed by atoms with Gasteiger partial charge in [-0.05, 0) is 61.2 Å². The lowest BCUT2D eigenvalue weighted by Gasteiger charge is -2.22. The monoisotopic (exact) mass is 385 g/mol. The fraction of sp³-hybridized carbons (Fsp3) is 0.208. The largest absolute Gasteiger partial charge is 0.322 e. The molecular formula is C24H23N3O2. The van der Waals surface area contributed by atoms with E-state index >= 15 is 0 Å². The first-order valence-corrected chi connectivity index (χ1v) is 9.84. The molecule has 1 unspecified atom stereocenters. The lowest BCUT2D eigenvalue weighted by Crippen LogP contribution is -2.36. The molecule has 0 aliphatic carbocycles. The van der Waals surface area contributed by atoms with Crippen LogP contribution in [0.4, 0.5) is 11.4 Å². The zero-order valence-electron chi connectivity index (χ0n) is 16.6. The Morgan fingerprint density at radius 1 is 1.10 bits per heavy atom. The van der Waals surface area contributed by atoms with Gasteiger partial charge in [-0.15, -0.1) is 0 Å². The molecule has 0 saturated heterocycles. The molecule has 0 fully saturated rings. The standard InChI is InChI=1S/C24H23N3O2/c1-3-17-8-10-20(11-9-17)26-23(28)19-12-13-25-21(15-19)24(29)27-16(2)14-18-6-4-5-7-22(18)27/h4-13,15-16H,3,14H2,1-2H3,(H,26,28). The average Bonchev–Trinajstić information content (AvgIpc) is 3.09. The van der Waals surface area contributed by atoms with E-state index in [0.717, 1.165) is 29.8 Å². The van der Waals surface area contributed by atoms with Crippen molar-refractivity contribution in [3.63, 3.8) is 0 Å². The number of nitrogens with one attached hydrogen (secondary N) is 1. The summed E-state index contributed by atoms with van der Waals surface area (Å²) in [5.74, 6) is -0.454. The lowest BCUT2D eigenvalue weighted by molar-refractivity contribution is 0.0976. The van der Waals surface area contributed by atoms with E-state index in [9.17, 15) is 9.59 Å². The van der Waals surface area contributed by atoms with Gasteiger partial charge in [0, 0.05) is 29.2 Å². The topological polar surface area (TPSA) is 62.3 Å². The summed E-state index contributed by atoms with van der Waals surface area (Å²) >= 11 is 0. The molecule has 4 rings (SSSR count). The Morgan fingerprint density at radius 3 is 2.62 bits per heavy atom. The molecule has 1 atom stereocenters. The second-order valence-corrected chi connectivity index (χ2v) is 7.29. The molecule has 1 aliphatic heterocycles. The number of nitrogens with zero attached hydrogens (tertiary/aromatic N) is 2. The molecule has 0 radical (unpaired) electrons. The fourth-order valence-electron chi connectivity index (χ4n) is 3.71. The SMILES string of the molecule is CCc1ccc(NC(=O)c2ccnc(C(=O)N3c4ccccc4CC3C)c2)cc1. The number of aromatic nitrogens is 1. The minimum absolute atomic E-state index is 0.0521. The van der Waals surface area contributed by atoms with Crippen molar-refractivity contribution in [2.24, 2.45) is 0 Å². The zero-order chi connectivity index (χ0) is 20.4. The summed E-state index contributed by atoms with van der Waals surface area (Å²) < 4.78 is 0. The summed E-state index contributed by atoms with van der Waals surface area (Å²) in [6, 6.07) is 18.9. The van der Waals surface area contributed by atoms with Crippen LogP contribution in [0.1, 0.15) is 45.8 Å². The zero-order valence-corrected chi connectivity index (χ0v) is 16.6. The summed E-state index contributed by atoms with van der Waals surface area (Å²) in [5.41, 5.74) is 4.67. The molecule has 5 heteroatoms. The van der Waals surface area contributed by atoms with E-state index in [0.29, 0.717) is 5.56 Å². The number of amides is 2. The highest BCUT2D eigenvalue weighted by atomic mass is 16.2. The number of para-hydroxylation sites is 1. The van der Waals surface area contributed by atoms with Crippen LogP contribution >= 0.6 is 0 Å². The number of aryl methyl sites for hydroxylation is 1. The summed E-state index contributed by atoms with van der Waals surface area (Å²) in [6.45, 7) is 4.11. The van der Waals surface area contributed by atoms with Gasteiger partial charge >= 0.3 is 0 Å². The first-order chi connectivity index (χ1) is 14.1. The van der Waals surface area contributed by atoms with E-state index in [1.54, 1.807) is 17.0 Å². The fourth-order valence-corrected chi connectivity index (χ4v) is 3.71. The van der Waals surface area contributed by atoms with E-state index < -0.39 is 0 Å². The number of pyridine rings is 1. The number of benzene rings is 2. The maximum Gasteiger partial charge on any atom is 0.277 e. The van der Waals surface area contributed by atoms with E-state index in [4.69, 9.17) is 0 Å². The van der Waals surface area contributed by atoms with E-state index in [2.05, 4.69) is 17.2 Å². The van der Waals surface area contributed by atoms with E-state index in [1.807, 2.05) is 55.5 Å². The highest BCUT2D eigenvalue weighted by Gasteiger charge is 2.32. The number of anilines is 2. The predicted octanol–water partition coefficient (Wildman–Crippen LogP) is 4.49. The first kappa shape index (κ1) is 18.9. The Balaban J connectivity index is 1.55. The molecule has 1 aliphatic rings. The van der Waals surface area contributed by atoms with Crippen molar-refractivity contribution in [3.05, 3.63) is 89.2 Å². The average molecular weight is 385 g/mol. The molecule has 2 aromatic carbocycles. The van der Waals surface area contributed by atoms with Gasteiger partial charge < -0.3 is 10.2 Å². The molecule has 1 N–H and O–H groups in total. The number of fused-ring (bicyclic) bond motifs is 1. The molecule has 3 aromatic rings. The van der Waals surface area contributed by atoms with Crippen molar-refractivity contribution < 1.29 is 9.59 Å². The normalized spacial score (nSPS) is 15.1. The molecule has 0 spiro atoms. The highest BCUT2D eigenvalue weighted by Crippen LogP contribution is 2.32. The number of carbonyl (C=O) groups is 2. The van der Waals surface area contributed by atoms with Crippen LogP contribution in [-0.2, 0) is 12.8 Å². The lowest BCUT2D eigenvalue weighted by atomic mass is 10.1.